The third-order valence-electron chi connectivity index (χ3n) is 2.35. The van der Waals surface area contributed by atoms with Gasteiger partial charge in [-0.3, -0.25) is 0 Å². The molecule has 0 aliphatic rings. The standard InChI is InChI=1S/C14H15NS/c15-10-11-16-14-8-6-13(7-9-14)12-4-2-1-3-5-12/h1-9H,10-11,15H2. The Kier molecular flexibility index (Phi) is 4.03. The van der Waals surface area contributed by atoms with Crippen molar-refractivity contribution in [2.24, 2.45) is 5.73 Å². The van der Waals surface area contributed by atoms with E-state index < -0.39 is 0 Å². The minimum atomic E-state index is 0.727. The van der Waals surface area contributed by atoms with Crippen molar-refractivity contribution < 1.29 is 0 Å². The number of hydrogen-bond donors (Lipinski definition) is 1. The fraction of sp³-hybridized carbons (Fsp3) is 0.143. The first kappa shape index (κ1) is 11.2. The van der Waals surface area contributed by atoms with Gasteiger partial charge in [0, 0.05) is 17.2 Å². The van der Waals surface area contributed by atoms with Gasteiger partial charge >= 0.3 is 0 Å². The van der Waals surface area contributed by atoms with E-state index in [4.69, 9.17) is 5.73 Å². The van der Waals surface area contributed by atoms with E-state index >= 15 is 0 Å². The van der Waals surface area contributed by atoms with Crippen molar-refractivity contribution in [3.8, 4) is 11.1 Å². The summed E-state index contributed by atoms with van der Waals surface area (Å²) in [6.07, 6.45) is 0. The maximum Gasteiger partial charge on any atom is 0.0103 e. The van der Waals surface area contributed by atoms with Crippen molar-refractivity contribution in [1.82, 2.24) is 0 Å². The van der Waals surface area contributed by atoms with Gasteiger partial charge in [0.2, 0.25) is 0 Å². The van der Waals surface area contributed by atoms with E-state index in [1.165, 1.54) is 16.0 Å². The molecule has 0 radical (unpaired) electrons. The molecular formula is C14H15NS. The Morgan fingerprint density at radius 3 is 2.06 bits per heavy atom. The molecule has 0 aliphatic heterocycles. The maximum atomic E-state index is 5.48. The molecule has 82 valence electrons. The number of hydrogen-bond acceptors (Lipinski definition) is 2. The highest BCUT2D eigenvalue weighted by Crippen LogP contribution is 2.23. The van der Waals surface area contributed by atoms with Crippen LogP contribution >= 0.6 is 11.8 Å². The van der Waals surface area contributed by atoms with Crippen LogP contribution < -0.4 is 5.73 Å². The lowest BCUT2D eigenvalue weighted by atomic mass is 10.1. The molecule has 0 amide bonds. The van der Waals surface area contributed by atoms with Gasteiger partial charge in [-0.1, -0.05) is 42.5 Å². The monoisotopic (exact) mass is 229 g/mol. The largest absolute Gasteiger partial charge is 0.330 e. The molecule has 2 heteroatoms. The Bertz CT molecular complexity index is 422. The molecule has 2 aromatic carbocycles. The maximum absolute atomic E-state index is 5.48. The average molecular weight is 229 g/mol. The van der Waals surface area contributed by atoms with Crippen LogP contribution in [0.4, 0.5) is 0 Å². The highest BCUT2D eigenvalue weighted by atomic mass is 32.2. The summed E-state index contributed by atoms with van der Waals surface area (Å²) in [5, 5.41) is 0. The Morgan fingerprint density at radius 2 is 1.44 bits per heavy atom. The zero-order chi connectivity index (χ0) is 11.2. The molecule has 0 aromatic heterocycles. The van der Waals surface area contributed by atoms with E-state index in [0.717, 1.165) is 12.3 Å². The molecule has 0 heterocycles. The molecule has 0 atom stereocenters. The number of benzene rings is 2. The molecule has 0 unspecified atom stereocenters. The first-order valence-corrected chi connectivity index (χ1v) is 6.37. The molecule has 0 spiro atoms. The van der Waals surface area contributed by atoms with Crippen molar-refractivity contribution in [1.29, 1.82) is 0 Å². The van der Waals surface area contributed by atoms with Gasteiger partial charge in [-0.25, -0.2) is 0 Å². The molecule has 0 fully saturated rings. The van der Waals surface area contributed by atoms with E-state index in [1.54, 1.807) is 11.8 Å². The lowest BCUT2D eigenvalue weighted by Crippen LogP contribution is -2.00. The van der Waals surface area contributed by atoms with Crippen molar-refractivity contribution in [2.75, 3.05) is 12.3 Å². The second kappa shape index (κ2) is 5.73. The van der Waals surface area contributed by atoms with Crippen LogP contribution in [0.5, 0.6) is 0 Å². The Hall–Kier alpha value is -1.25. The molecule has 0 saturated heterocycles. The lowest BCUT2D eigenvalue weighted by Gasteiger charge is -2.03. The summed E-state index contributed by atoms with van der Waals surface area (Å²) in [4.78, 5) is 1.28. The van der Waals surface area contributed by atoms with E-state index in [9.17, 15) is 0 Å². The molecule has 2 N–H and O–H groups in total. The van der Waals surface area contributed by atoms with Crippen molar-refractivity contribution in [3.05, 3.63) is 54.6 Å². The highest BCUT2D eigenvalue weighted by molar-refractivity contribution is 7.99. The number of thioether (sulfide) groups is 1. The third-order valence-corrected chi connectivity index (χ3v) is 3.39. The first-order valence-electron chi connectivity index (χ1n) is 5.38. The van der Waals surface area contributed by atoms with Gasteiger partial charge in [0.25, 0.3) is 0 Å². The van der Waals surface area contributed by atoms with Gasteiger partial charge < -0.3 is 5.73 Å². The fourth-order valence-corrected chi connectivity index (χ4v) is 2.23. The predicted octanol–water partition coefficient (Wildman–Crippen LogP) is 3.40. The van der Waals surface area contributed by atoms with Gasteiger partial charge in [-0.05, 0) is 23.3 Å². The van der Waals surface area contributed by atoms with E-state index in [-0.39, 0.29) is 0 Å². The second-order valence-electron chi connectivity index (χ2n) is 3.53. The van der Waals surface area contributed by atoms with Crippen molar-refractivity contribution >= 4 is 11.8 Å². The van der Waals surface area contributed by atoms with Gasteiger partial charge in [0.15, 0.2) is 0 Å². The van der Waals surface area contributed by atoms with Crippen molar-refractivity contribution in [3.63, 3.8) is 0 Å². The van der Waals surface area contributed by atoms with E-state index in [2.05, 4.69) is 48.5 Å². The quantitative estimate of drug-likeness (QED) is 0.813. The molecule has 2 aromatic rings. The second-order valence-corrected chi connectivity index (χ2v) is 4.70. The summed E-state index contributed by atoms with van der Waals surface area (Å²) in [6, 6.07) is 19.0. The molecule has 0 saturated carbocycles. The molecule has 2 rings (SSSR count). The molecule has 1 nitrogen and oxygen atoms in total. The molecular weight excluding hydrogens is 214 g/mol. The first-order chi connectivity index (χ1) is 7.90. The van der Waals surface area contributed by atoms with Crippen LogP contribution in [0, 0.1) is 0 Å². The zero-order valence-electron chi connectivity index (χ0n) is 9.10. The predicted molar refractivity (Wildman–Crippen MR) is 71.7 cm³/mol. The zero-order valence-corrected chi connectivity index (χ0v) is 9.91. The Morgan fingerprint density at radius 1 is 0.812 bits per heavy atom. The summed E-state index contributed by atoms with van der Waals surface area (Å²) >= 11 is 1.80. The SMILES string of the molecule is NCCSc1ccc(-c2ccccc2)cc1. The highest BCUT2D eigenvalue weighted by Gasteiger charge is 1.97. The topological polar surface area (TPSA) is 26.0 Å². The van der Waals surface area contributed by atoms with Crippen LogP contribution in [0.15, 0.2) is 59.5 Å². The van der Waals surface area contributed by atoms with Gasteiger partial charge in [-0.2, -0.15) is 0 Å². The average Bonchev–Trinajstić information content (AvgIpc) is 2.38. The fourth-order valence-electron chi connectivity index (χ4n) is 1.55. The number of nitrogens with two attached hydrogens (primary N) is 1. The van der Waals surface area contributed by atoms with Gasteiger partial charge in [0.1, 0.15) is 0 Å². The van der Waals surface area contributed by atoms with E-state index in [1.807, 2.05) is 6.07 Å². The molecule has 0 aliphatic carbocycles. The van der Waals surface area contributed by atoms with Crippen LogP contribution in [0.1, 0.15) is 0 Å². The summed E-state index contributed by atoms with van der Waals surface area (Å²) in [5.74, 6) is 0.977. The van der Waals surface area contributed by atoms with Crippen molar-refractivity contribution in [2.45, 2.75) is 4.90 Å². The Labute approximate surface area is 101 Å². The smallest absolute Gasteiger partial charge is 0.0103 e. The Balaban J connectivity index is 2.13. The van der Waals surface area contributed by atoms with Crippen LogP contribution in [0.2, 0.25) is 0 Å². The summed E-state index contributed by atoms with van der Waals surface area (Å²) < 4.78 is 0. The minimum absolute atomic E-state index is 0.727. The lowest BCUT2D eigenvalue weighted by molar-refractivity contribution is 1.15. The van der Waals surface area contributed by atoms with E-state index in [0.29, 0.717) is 0 Å². The summed E-state index contributed by atoms with van der Waals surface area (Å²) in [5.41, 5.74) is 8.00. The third kappa shape index (κ3) is 2.87. The summed E-state index contributed by atoms with van der Waals surface area (Å²) in [6.45, 7) is 0.727. The normalized spacial score (nSPS) is 10.3. The molecule has 16 heavy (non-hydrogen) atoms. The van der Waals surface area contributed by atoms with Gasteiger partial charge in [-0.15, -0.1) is 11.8 Å². The van der Waals surface area contributed by atoms with Crippen LogP contribution in [-0.4, -0.2) is 12.3 Å². The summed E-state index contributed by atoms with van der Waals surface area (Å²) in [7, 11) is 0. The minimum Gasteiger partial charge on any atom is -0.330 e. The van der Waals surface area contributed by atoms with Crippen LogP contribution in [0.3, 0.4) is 0 Å². The van der Waals surface area contributed by atoms with Crippen LogP contribution in [0.25, 0.3) is 11.1 Å². The van der Waals surface area contributed by atoms with Crippen LogP contribution in [-0.2, 0) is 0 Å². The van der Waals surface area contributed by atoms with Gasteiger partial charge in [0.05, 0.1) is 0 Å². The molecule has 0 bridgehead atoms. The number of rotatable bonds is 4.